The number of ether oxygens (including phenoxy) is 2. The fraction of sp³-hybridized carbons (Fsp3) is 0.357. The lowest BCUT2D eigenvalue weighted by molar-refractivity contribution is -0.144. The van der Waals surface area contributed by atoms with Gasteiger partial charge >= 0.3 is 5.97 Å². The summed E-state index contributed by atoms with van der Waals surface area (Å²) in [6.45, 7) is 9.79. The predicted molar refractivity (Wildman–Crippen MR) is 139 cm³/mol. The first-order valence-electron chi connectivity index (χ1n) is 11.8. The Hall–Kier alpha value is -3.58. The largest absolute Gasteiger partial charge is 0.493 e. The van der Waals surface area contributed by atoms with Gasteiger partial charge in [0, 0.05) is 44.9 Å². The Labute approximate surface area is 208 Å². The van der Waals surface area contributed by atoms with Crippen LogP contribution in [0.15, 0.2) is 65.6 Å². The number of nitrogens with zero attached hydrogens (tertiary/aromatic N) is 3. The molecule has 1 heterocycles. The summed E-state index contributed by atoms with van der Waals surface area (Å²) < 4.78 is 17.0. The minimum atomic E-state index is -0.238. The van der Waals surface area contributed by atoms with Gasteiger partial charge < -0.3 is 18.8 Å². The Kier molecular flexibility index (Phi) is 9.49. The number of aromatic nitrogens is 1. The number of carbonyl (C=O) groups excluding carboxylic acids is 1. The number of benzene rings is 2. The number of esters is 1. The highest BCUT2D eigenvalue weighted by Crippen LogP contribution is 2.24. The molecule has 3 aromatic rings. The second-order valence-corrected chi connectivity index (χ2v) is 8.47. The zero-order valence-corrected chi connectivity index (χ0v) is 21.1. The van der Waals surface area contributed by atoms with Gasteiger partial charge in [-0.15, -0.1) is 6.58 Å². The maximum atomic E-state index is 11.9. The molecule has 0 N–H and O–H groups in total. The van der Waals surface area contributed by atoms with Crippen LogP contribution in [0.3, 0.4) is 0 Å². The van der Waals surface area contributed by atoms with E-state index in [2.05, 4.69) is 16.5 Å². The SMILES string of the molecule is C=CCN(CC(=O)OCC)Cc1cccc(OCCc2nc(-c3ccc(N(C)C)cc3)oc2C)c1. The van der Waals surface area contributed by atoms with Crippen LogP contribution < -0.4 is 9.64 Å². The van der Waals surface area contributed by atoms with Gasteiger partial charge in [0.1, 0.15) is 11.5 Å². The van der Waals surface area contributed by atoms with Gasteiger partial charge in [0.05, 0.1) is 25.5 Å². The second-order valence-electron chi connectivity index (χ2n) is 8.47. The highest BCUT2D eigenvalue weighted by Gasteiger charge is 2.13. The molecule has 2 aromatic carbocycles. The minimum absolute atomic E-state index is 0.219. The normalized spacial score (nSPS) is 10.9. The lowest BCUT2D eigenvalue weighted by Gasteiger charge is -2.20. The number of anilines is 1. The molecule has 0 radical (unpaired) electrons. The summed E-state index contributed by atoms with van der Waals surface area (Å²) in [4.78, 5) is 20.6. The Bertz CT molecular complexity index is 1110. The highest BCUT2D eigenvalue weighted by molar-refractivity contribution is 5.71. The molecule has 0 aliphatic carbocycles. The molecule has 0 saturated heterocycles. The van der Waals surface area contributed by atoms with Crippen LogP contribution in [0.2, 0.25) is 0 Å². The van der Waals surface area contributed by atoms with Gasteiger partial charge in [-0.1, -0.05) is 18.2 Å². The van der Waals surface area contributed by atoms with E-state index < -0.39 is 0 Å². The van der Waals surface area contributed by atoms with E-state index >= 15 is 0 Å². The summed E-state index contributed by atoms with van der Waals surface area (Å²) in [6.07, 6.45) is 2.42. The number of aryl methyl sites for hydroxylation is 1. The van der Waals surface area contributed by atoms with Crippen LogP contribution in [0.4, 0.5) is 5.69 Å². The molecule has 0 fully saturated rings. The molecular weight excluding hydrogens is 442 g/mol. The molecule has 0 aliphatic rings. The smallest absolute Gasteiger partial charge is 0.320 e. The minimum Gasteiger partial charge on any atom is -0.493 e. The summed E-state index contributed by atoms with van der Waals surface area (Å²) in [6, 6.07) is 16.0. The molecule has 1 aromatic heterocycles. The van der Waals surface area contributed by atoms with Gasteiger partial charge in [-0.3, -0.25) is 9.69 Å². The monoisotopic (exact) mass is 477 g/mol. The number of hydrogen-bond acceptors (Lipinski definition) is 7. The van der Waals surface area contributed by atoms with Gasteiger partial charge in [0.2, 0.25) is 5.89 Å². The van der Waals surface area contributed by atoms with E-state index in [4.69, 9.17) is 13.9 Å². The topological polar surface area (TPSA) is 68.0 Å². The molecule has 0 saturated carbocycles. The number of carbonyl (C=O) groups is 1. The summed E-state index contributed by atoms with van der Waals surface area (Å²) >= 11 is 0. The first-order valence-corrected chi connectivity index (χ1v) is 11.8. The van der Waals surface area contributed by atoms with E-state index in [1.54, 1.807) is 13.0 Å². The average molecular weight is 478 g/mol. The van der Waals surface area contributed by atoms with Crippen molar-refractivity contribution in [3.8, 4) is 17.2 Å². The second kappa shape index (κ2) is 12.8. The first kappa shape index (κ1) is 26.0. The van der Waals surface area contributed by atoms with Crippen LogP contribution in [-0.2, 0) is 22.5 Å². The lowest BCUT2D eigenvalue weighted by atomic mass is 10.2. The molecule has 0 amide bonds. The third-order valence-electron chi connectivity index (χ3n) is 5.48. The fourth-order valence-corrected chi connectivity index (χ4v) is 3.70. The third kappa shape index (κ3) is 7.72. The predicted octanol–water partition coefficient (Wildman–Crippen LogP) is 4.89. The quantitative estimate of drug-likeness (QED) is 0.256. The fourth-order valence-electron chi connectivity index (χ4n) is 3.70. The van der Waals surface area contributed by atoms with E-state index in [0.29, 0.717) is 38.6 Å². The van der Waals surface area contributed by atoms with Crippen molar-refractivity contribution in [1.29, 1.82) is 0 Å². The van der Waals surface area contributed by atoms with Crippen molar-refractivity contribution >= 4 is 11.7 Å². The van der Waals surface area contributed by atoms with E-state index in [9.17, 15) is 4.79 Å². The third-order valence-corrected chi connectivity index (χ3v) is 5.48. The van der Waals surface area contributed by atoms with Gasteiger partial charge in [0.25, 0.3) is 0 Å². The average Bonchev–Trinajstić information content (AvgIpc) is 3.20. The first-order chi connectivity index (χ1) is 16.9. The van der Waals surface area contributed by atoms with Crippen LogP contribution in [0, 0.1) is 6.92 Å². The van der Waals surface area contributed by atoms with Crippen LogP contribution in [0.25, 0.3) is 11.5 Å². The standard InChI is InChI=1S/C28H35N3O4/c1-6-16-31(20-27(32)33-7-2)19-22-9-8-10-25(18-22)34-17-15-26-21(3)35-28(29-26)23-11-13-24(14-12-23)30(4)5/h6,8-14,18H,1,7,15-17,19-20H2,2-5H3. The van der Waals surface area contributed by atoms with Crippen molar-refractivity contribution in [2.45, 2.75) is 26.8 Å². The van der Waals surface area contributed by atoms with E-state index in [1.807, 2.05) is 74.4 Å². The van der Waals surface area contributed by atoms with Gasteiger partial charge in [-0.05, 0) is 55.8 Å². The van der Waals surface area contributed by atoms with Gasteiger partial charge in [-0.25, -0.2) is 4.98 Å². The van der Waals surface area contributed by atoms with Crippen molar-refractivity contribution < 1.29 is 18.7 Å². The van der Waals surface area contributed by atoms with E-state index in [0.717, 1.165) is 34.0 Å². The summed E-state index contributed by atoms with van der Waals surface area (Å²) in [5.41, 5.74) is 4.01. The van der Waals surface area contributed by atoms with Crippen molar-refractivity contribution in [2.75, 3.05) is 45.3 Å². The van der Waals surface area contributed by atoms with Crippen molar-refractivity contribution in [3.63, 3.8) is 0 Å². The molecule has 0 atom stereocenters. The molecule has 0 aliphatic heterocycles. The van der Waals surface area contributed by atoms with Crippen LogP contribution in [-0.4, -0.2) is 56.3 Å². The molecule has 3 rings (SSSR count). The number of oxazole rings is 1. The summed E-state index contributed by atoms with van der Waals surface area (Å²) in [5, 5.41) is 0. The molecular formula is C28H35N3O4. The lowest BCUT2D eigenvalue weighted by Crippen LogP contribution is -2.30. The number of hydrogen-bond donors (Lipinski definition) is 0. The Morgan fingerprint density at radius 1 is 1.17 bits per heavy atom. The Morgan fingerprint density at radius 2 is 1.94 bits per heavy atom. The molecule has 0 spiro atoms. The van der Waals surface area contributed by atoms with Crippen LogP contribution in [0.5, 0.6) is 5.75 Å². The Balaban J connectivity index is 1.57. The van der Waals surface area contributed by atoms with Crippen molar-refractivity contribution in [2.24, 2.45) is 0 Å². The molecule has 186 valence electrons. The van der Waals surface area contributed by atoms with Crippen molar-refractivity contribution in [1.82, 2.24) is 9.88 Å². The zero-order chi connectivity index (χ0) is 25.2. The number of rotatable bonds is 13. The Morgan fingerprint density at radius 3 is 2.63 bits per heavy atom. The van der Waals surface area contributed by atoms with E-state index in [-0.39, 0.29) is 12.5 Å². The summed E-state index contributed by atoms with van der Waals surface area (Å²) in [7, 11) is 4.03. The maximum absolute atomic E-state index is 11.9. The molecule has 35 heavy (non-hydrogen) atoms. The van der Waals surface area contributed by atoms with Crippen molar-refractivity contribution in [3.05, 3.63) is 78.2 Å². The van der Waals surface area contributed by atoms with E-state index in [1.165, 1.54) is 0 Å². The van der Waals surface area contributed by atoms with Crippen LogP contribution >= 0.6 is 0 Å². The van der Waals surface area contributed by atoms with Gasteiger partial charge in [-0.2, -0.15) is 0 Å². The summed E-state index contributed by atoms with van der Waals surface area (Å²) in [5.74, 6) is 1.96. The van der Waals surface area contributed by atoms with Crippen LogP contribution in [0.1, 0.15) is 23.9 Å². The zero-order valence-electron chi connectivity index (χ0n) is 21.1. The van der Waals surface area contributed by atoms with Gasteiger partial charge in [0.15, 0.2) is 0 Å². The highest BCUT2D eigenvalue weighted by atomic mass is 16.5. The molecule has 7 nitrogen and oxygen atoms in total. The molecule has 7 heteroatoms. The molecule has 0 unspecified atom stereocenters. The molecule has 0 bridgehead atoms. The maximum Gasteiger partial charge on any atom is 0.320 e.